The van der Waals surface area contributed by atoms with E-state index in [0.717, 1.165) is 32.2 Å². The molecule has 1 aliphatic carbocycles. The minimum absolute atomic E-state index is 0.199. The van der Waals surface area contributed by atoms with Crippen LogP contribution >= 0.6 is 11.3 Å². The highest BCUT2D eigenvalue weighted by molar-refractivity contribution is 7.09. The van der Waals surface area contributed by atoms with Gasteiger partial charge < -0.3 is 0 Å². The van der Waals surface area contributed by atoms with Crippen LogP contribution in [-0.2, 0) is 11.2 Å². The monoisotopic (exact) mass is 223 g/mol. The average Bonchev–Trinajstić information content (AvgIpc) is 2.84. The van der Waals surface area contributed by atoms with E-state index >= 15 is 0 Å². The van der Waals surface area contributed by atoms with Crippen LogP contribution in [-0.4, -0.2) is 30.3 Å². The molecule has 82 valence electrons. The van der Waals surface area contributed by atoms with Crippen LogP contribution in [0.15, 0.2) is 17.5 Å². The Hall–Kier alpha value is -0.670. The van der Waals surface area contributed by atoms with Gasteiger partial charge in [0.25, 0.3) is 0 Å². The molecule has 0 saturated heterocycles. The van der Waals surface area contributed by atoms with Gasteiger partial charge in [-0.05, 0) is 37.8 Å². The van der Waals surface area contributed by atoms with Crippen LogP contribution in [0.25, 0.3) is 0 Å². The van der Waals surface area contributed by atoms with E-state index in [1.165, 1.54) is 4.88 Å². The molecule has 1 atom stereocenters. The molecule has 0 N–H and O–H groups in total. The maximum atomic E-state index is 11.5. The van der Waals surface area contributed by atoms with Crippen molar-refractivity contribution in [1.29, 1.82) is 0 Å². The Balaban J connectivity index is 1.82. The fourth-order valence-electron chi connectivity index (χ4n) is 2.16. The highest BCUT2D eigenvalue weighted by Gasteiger charge is 2.27. The molecule has 1 heterocycles. The van der Waals surface area contributed by atoms with Gasteiger partial charge in [-0.2, -0.15) is 0 Å². The molecule has 1 aromatic heterocycles. The second-order valence-corrected chi connectivity index (χ2v) is 5.22. The lowest BCUT2D eigenvalue weighted by atomic mass is 10.2. The molecule has 1 fully saturated rings. The summed E-state index contributed by atoms with van der Waals surface area (Å²) in [6.45, 7) is 0.997. The number of Topliss-reactive ketones (excluding diaryl/α,β-unsaturated/α-hetero) is 1. The van der Waals surface area contributed by atoms with Gasteiger partial charge in [0.05, 0.1) is 6.04 Å². The maximum absolute atomic E-state index is 11.5. The minimum atomic E-state index is 0.199. The zero-order chi connectivity index (χ0) is 10.7. The molecule has 1 unspecified atom stereocenters. The zero-order valence-electron chi connectivity index (χ0n) is 9.11. The first-order chi connectivity index (χ1) is 7.27. The van der Waals surface area contributed by atoms with Crippen molar-refractivity contribution in [1.82, 2.24) is 4.90 Å². The van der Waals surface area contributed by atoms with Crippen molar-refractivity contribution in [2.24, 2.45) is 0 Å². The molecule has 3 heteroatoms. The van der Waals surface area contributed by atoms with Gasteiger partial charge in [-0.1, -0.05) is 6.07 Å². The summed E-state index contributed by atoms with van der Waals surface area (Å²) in [5.74, 6) is 0.434. The van der Waals surface area contributed by atoms with Crippen molar-refractivity contribution in [2.45, 2.75) is 31.7 Å². The summed E-state index contributed by atoms with van der Waals surface area (Å²) >= 11 is 1.80. The molecular weight excluding hydrogens is 206 g/mol. The number of rotatable bonds is 4. The SMILES string of the molecule is CN(CCc1cccs1)C1CCCC1=O. The normalized spacial score (nSPS) is 21.5. The summed E-state index contributed by atoms with van der Waals surface area (Å²) in [7, 11) is 2.07. The molecule has 1 saturated carbocycles. The topological polar surface area (TPSA) is 20.3 Å². The zero-order valence-corrected chi connectivity index (χ0v) is 9.93. The van der Waals surface area contributed by atoms with Gasteiger partial charge in [0.2, 0.25) is 0 Å². The number of carbonyl (C=O) groups excluding carboxylic acids is 1. The van der Waals surface area contributed by atoms with Crippen molar-refractivity contribution in [3.8, 4) is 0 Å². The molecule has 0 spiro atoms. The number of likely N-dealkylation sites (N-methyl/N-ethyl adjacent to an activating group) is 1. The Morgan fingerprint density at radius 3 is 3.07 bits per heavy atom. The van der Waals surface area contributed by atoms with Gasteiger partial charge in [0.15, 0.2) is 0 Å². The summed E-state index contributed by atoms with van der Waals surface area (Å²) in [6, 6.07) is 4.44. The van der Waals surface area contributed by atoms with Gasteiger partial charge in [-0.15, -0.1) is 11.3 Å². The van der Waals surface area contributed by atoms with Gasteiger partial charge in [0.1, 0.15) is 5.78 Å². The van der Waals surface area contributed by atoms with Crippen LogP contribution in [0.3, 0.4) is 0 Å². The summed E-state index contributed by atoms with van der Waals surface area (Å²) in [6.07, 6.45) is 3.98. The number of ketones is 1. The van der Waals surface area contributed by atoms with E-state index in [4.69, 9.17) is 0 Å². The van der Waals surface area contributed by atoms with Gasteiger partial charge >= 0.3 is 0 Å². The first-order valence-corrected chi connectivity index (χ1v) is 6.40. The third kappa shape index (κ3) is 2.67. The Bertz CT molecular complexity index is 320. The molecule has 0 aromatic carbocycles. The van der Waals surface area contributed by atoms with Crippen LogP contribution in [0, 0.1) is 0 Å². The predicted octanol–water partition coefficient (Wildman–Crippen LogP) is 2.34. The van der Waals surface area contributed by atoms with E-state index in [9.17, 15) is 4.79 Å². The third-order valence-electron chi connectivity index (χ3n) is 3.10. The Morgan fingerprint density at radius 2 is 2.47 bits per heavy atom. The molecule has 1 aromatic rings. The van der Waals surface area contributed by atoms with Crippen molar-refractivity contribution in [2.75, 3.05) is 13.6 Å². The highest BCUT2D eigenvalue weighted by Crippen LogP contribution is 2.19. The summed E-state index contributed by atoms with van der Waals surface area (Å²) in [5, 5.41) is 2.11. The molecule has 2 nitrogen and oxygen atoms in total. The Morgan fingerprint density at radius 1 is 1.60 bits per heavy atom. The minimum Gasteiger partial charge on any atom is -0.298 e. The van der Waals surface area contributed by atoms with Crippen LogP contribution in [0.2, 0.25) is 0 Å². The molecule has 2 rings (SSSR count). The van der Waals surface area contributed by atoms with Gasteiger partial charge in [0, 0.05) is 17.8 Å². The standard InChI is InChI=1S/C12H17NOS/c1-13(11-5-2-6-12(11)14)8-7-10-4-3-9-15-10/h3-4,9,11H,2,5-8H2,1H3. The molecule has 1 aliphatic rings. The van der Waals surface area contributed by atoms with E-state index in [1.54, 1.807) is 11.3 Å². The molecule has 0 amide bonds. The van der Waals surface area contributed by atoms with Gasteiger partial charge in [-0.3, -0.25) is 9.69 Å². The van der Waals surface area contributed by atoms with E-state index in [2.05, 4.69) is 29.5 Å². The summed E-state index contributed by atoms with van der Waals surface area (Å²) in [5.41, 5.74) is 0. The van der Waals surface area contributed by atoms with Crippen molar-refractivity contribution in [3.63, 3.8) is 0 Å². The quantitative estimate of drug-likeness (QED) is 0.781. The molecular formula is C12H17NOS. The lowest BCUT2D eigenvalue weighted by molar-refractivity contribution is -0.121. The largest absolute Gasteiger partial charge is 0.298 e. The predicted molar refractivity (Wildman–Crippen MR) is 63.3 cm³/mol. The lowest BCUT2D eigenvalue weighted by Gasteiger charge is -2.22. The fourth-order valence-corrected chi connectivity index (χ4v) is 2.86. The maximum Gasteiger partial charge on any atom is 0.149 e. The van der Waals surface area contributed by atoms with Crippen molar-refractivity contribution >= 4 is 17.1 Å². The second-order valence-electron chi connectivity index (χ2n) is 4.18. The average molecular weight is 223 g/mol. The smallest absolute Gasteiger partial charge is 0.149 e. The van der Waals surface area contributed by atoms with E-state index in [0.29, 0.717) is 5.78 Å². The Labute approximate surface area is 94.9 Å². The highest BCUT2D eigenvalue weighted by atomic mass is 32.1. The Kier molecular flexibility index (Phi) is 3.54. The number of hydrogen-bond acceptors (Lipinski definition) is 3. The molecule has 0 radical (unpaired) electrons. The van der Waals surface area contributed by atoms with Crippen molar-refractivity contribution < 1.29 is 4.79 Å². The summed E-state index contributed by atoms with van der Waals surface area (Å²) in [4.78, 5) is 15.2. The second kappa shape index (κ2) is 4.90. The third-order valence-corrected chi connectivity index (χ3v) is 4.03. The van der Waals surface area contributed by atoms with Crippen LogP contribution in [0.1, 0.15) is 24.1 Å². The van der Waals surface area contributed by atoms with E-state index in [1.807, 2.05) is 0 Å². The van der Waals surface area contributed by atoms with E-state index < -0.39 is 0 Å². The van der Waals surface area contributed by atoms with Gasteiger partial charge in [-0.25, -0.2) is 0 Å². The number of thiophene rings is 1. The van der Waals surface area contributed by atoms with Crippen LogP contribution in [0.5, 0.6) is 0 Å². The van der Waals surface area contributed by atoms with E-state index in [-0.39, 0.29) is 6.04 Å². The van der Waals surface area contributed by atoms with Crippen LogP contribution in [0.4, 0.5) is 0 Å². The number of carbonyl (C=O) groups is 1. The molecule has 0 bridgehead atoms. The number of hydrogen-bond donors (Lipinski definition) is 0. The van der Waals surface area contributed by atoms with Crippen molar-refractivity contribution in [3.05, 3.63) is 22.4 Å². The summed E-state index contributed by atoms with van der Waals surface area (Å²) < 4.78 is 0. The lowest BCUT2D eigenvalue weighted by Crippen LogP contribution is -2.36. The first-order valence-electron chi connectivity index (χ1n) is 5.52. The first kappa shape index (κ1) is 10.8. The molecule has 0 aliphatic heterocycles. The fraction of sp³-hybridized carbons (Fsp3) is 0.583. The number of nitrogens with zero attached hydrogens (tertiary/aromatic N) is 1. The molecule has 15 heavy (non-hydrogen) atoms. The van der Waals surface area contributed by atoms with Crippen LogP contribution < -0.4 is 0 Å².